The van der Waals surface area contributed by atoms with E-state index < -0.39 is 0 Å². The van der Waals surface area contributed by atoms with Crippen LogP contribution in [-0.4, -0.2) is 30.8 Å². The van der Waals surface area contributed by atoms with Gasteiger partial charge >= 0.3 is 0 Å². The van der Waals surface area contributed by atoms with Gasteiger partial charge in [-0.2, -0.15) is 0 Å². The maximum absolute atomic E-state index is 11.4. The molecular weight excluding hydrogens is 228 g/mol. The van der Waals surface area contributed by atoms with E-state index in [1.807, 2.05) is 0 Å². The Kier molecular flexibility index (Phi) is 3.76. The van der Waals surface area contributed by atoms with Crippen LogP contribution in [0.3, 0.4) is 0 Å². The normalized spacial score (nSPS) is 21.1. The molecule has 1 atom stereocenters. The van der Waals surface area contributed by atoms with Gasteiger partial charge in [0.2, 0.25) is 0 Å². The third kappa shape index (κ3) is 3.60. The van der Waals surface area contributed by atoms with Gasteiger partial charge in [0.05, 0.1) is 12.7 Å². The summed E-state index contributed by atoms with van der Waals surface area (Å²) in [5, 5.41) is 0. The van der Waals surface area contributed by atoms with E-state index >= 15 is 0 Å². The zero-order valence-corrected chi connectivity index (χ0v) is 11.4. The van der Waals surface area contributed by atoms with Crippen molar-refractivity contribution in [3.8, 4) is 0 Å². The first-order valence-corrected chi connectivity index (χ1v) is 6.49. The average molecular weight is 250 g/mol. The molecule has 0 amide bonds. The molecular formula is C14H22N2O2. The molecule has 0 saturated carbocycles. The van der Waals surface area contributed by atoms with Crippen LogP contribution < -0.4 is 10.3 Å². The molecule has 0 bridgehead atoms. The van der Waals surface area contributed by atoms with Crippen molar-refractivity contribution < 1.29 is 4.74 Å². The van der Waals surface area contributed by atoms with Gasteiger partial charge in [-0.25, -0.2) is 0 Å². The number of nitrogens with zero attached hydrogens (tertiary/aromatic N) is 1. The number of aromatic nitrogens is 1. The number of pyridine rings is 1. The molecule has 18 heavy (non-hydrogen) atoms. The maximum atomic E-state index is 11.4. The van der Waals surface area contributed by atoms with Gasteiger partial charge in [-0.1, -0.05) is 20.8 Å². The number of hydrogen-bond acceptors (Lipinski definition) is 3. The van der Waals surface area contributed by atoms with E-state index in [1.54, 1.807) is 12.3 Å². The highest BCUT2D eigenvalue weighted by atomic mass is 16.5. The Morgan fingerprint density at radius 1 is 1.50 bits per heavy atom. The third-order valence-corrected chi connectivity index (χ3v) is 3.08. The fourth-order valence-electron chi connectivity index (χ4n) is 2.36. The average Bonchev–Trinajstić information content (AvgIpc) is 2.27. The Morgan fingerprint density at radius 2 is 2.28 bits per heavy atom. The first-order chi connectivity index (χ1) is 8.44. The minimum Gasteiger partial charge on any atom is -0.375 e. The molecule has 4 heteroatoms. The van der Waals surface area contributed by atoms with Crippen LogP contribution in [0.5, 0.6) is 0 Å². The standard InChI is InChI=1S/C14H22N2O2/c1-14(2,3)9-12-10-16(6-7-18-12)13-8-11(17)4-5-15-13/h4-5,8,12H,6-7,9-10H2,1-3H3,(H,15,17). The third-order valence-electron chi connectivity index (χ3n) is 3.08. The fraction of sp³-hybridized carbons (Fsp3) is 0.643. The zero-order chi connectivity index (χ0) is 13.2. The molecule has 2 rings (SSSR count). The summed E-state index contributed by atoms with van der Waals surface area (Å²) in [7, 11) is 0. The molecule has 0 aromatic carbocycles. The van der Waals surface area contributed by atoms with Crippen molar-refractivity contribution in [3.05, 3.63) is 28.6 Å². The van der Waals surface area contributed by atoms with Crippen molar-refractivity contribution in [3.63, 3.8) is 0 Å². The number of hydrogen-bond donors (Lipinski definition) is 1. The number of aromatic amines is 1. The van der Waals surface area contributed by atoms with Crippen molar-refractivity contribution in [2.45, 2.75) is 33.3 Å². The van der Waals surface area contributed by atoms with Crippen molar-refractivity contribution >= 4 is 5.82 Å². The number of nitrogens with one attached hydrogen (secondary N) is 1. The maximum Gasteiger partial charge on any atom is 0.183 e. The highest BCUT2D eigenvalue weighted by molar-refractivity contribution is 5.38. The number of ether oxygens (including phenoxy) is 1. The topological polar surface area (TPSA) is 45.3 Å². The number of morpholine rings is 1. The summed E-state index contributed by atoms with van der Waals surface area (Å²) >= 11 is 0. The van der Waals surface area contributed by atoms with Crippen molar-refractivity contribution in [1.29, 1.82) is 0 Å². The van der Waals surface area contributed by atoms with Gasteiger partial charge in [-0.05, 0) is 11.8 Å². The van der Waals surface area contributed by atoms with Gasteiger partial charge in [0, 0.05) is 31.4 Å². The van der Waals surface area contributed by atoms with Crippen LogP contribution in [0.25, 0.3) is 0 Å². The lowest BCUT2D eigenvalue weighted by Crippen LogP contribution is -2.44. The molecule has 0 spiro atoms. The van der Waals surface area contributed by atoms with E-state index in [0.29, 0.717) is 0 Å². The minimum absolute atomic E-state index is 0.0441. The fourth-order valence-corrected chi connectivity index (χ4v) is 2.36. The quantitative estimate of drug-likeness (QED) is 0.873. The van der Waals surface area contributed by atoms with E-state index in [4.69, 9.17) is 4.74 Å². The first kappa shape index (κ1) is 13.1. The molecule has 1 aromatic heterocycles. The Balaban J connectivity index is 2.05. The summed E-state index contributed by atoms with van der Waals surface area (Å²) in [6.07, 6.45) is 2.97. The lowest BCUT2D eigenvalue weighted by molar-refractivity contribution is 0.0149. The SMILES string of the molecule is CC(C)(C)CC1CN(c2cc(=O)cc[nH]2)CCO1. The Labute approximate surface area is 108 Å². The Bertz CT molecular complexity index is 448. The second-order valence-electron chi connectivity index (χ2n) is 6.11. The zero-order valence-electron chi connectivity index (χ0n) is 11.4. The second kappa shape index (κ2) is 5.14. The van der Waals surface area contributed by atoms with Gasteiger partial charge in [0.1, 0.15) is 5.82 Å². The van der Waals surface area contributed by atoms with Crippen LogP contribution in [0.15, 0.2) is 23.1 Å². The predicted molar refractivity (Wildman–Crippen MR) is 73.1 cm³/mol. The van der Waals surface area contributed by atoms with Crippen LogP contribution in [0, 0.1) is 5.41 Å². The number of anilines is 1. The molecule has 1 N–H and O–H groups in total. The Morgan fingerprint density at radius 3 is 2.94 bits per heavy atom. The minimum atomic E-state index is 0.0441. The molecule has 1 aliphatic rings. The van der Waals surface area contributed by atoms with E-state index in [-0.39, 0.29) is 16.9 Å². The van der Waals surface area contributed by atoms with Gasteiger partial charge in [-0.3, -0.25) is 4.79 Å². The van der Waals surface area contributed by atoms with Crippen molar-refractivity contribution in [1.82, 2.24) is 4.98 Å². The van der Waals surface area contributed by atoms with Crippen LogP contribution in [0.1, 0.15) is 27.2 Å². The highest BCUT2D eigenvalue weighted by Crippen LogP contribution is 2.25. The van der Waals surface area contributed by atoms with Crippen LogP contribution in [0.4, 0.5) is 5.82 Å². The van der Waals surface area contributed by atoms with Crippen LogP contribution in [0.2, 0.25) is 0 Å². The summed E-state index contributed by atoms with van der Waals surface area (Å²) in [6.45, 7) is 9.06. The van der Waals surface area contributed by atoms with Crippen LogP contribution >= 0.6 is 0 Å². The molecule has 0 radical (unpaired) electrons. The van der Waals surface area contributed by atoms with E-state index in [9.17, 15) is 4.79 Å². The summed E-state index contributed by atoms with van der Waals surface area (Å²) in [4.78, 5) is 16.7. The lowest BCUT2D eigenvalue weighted by atomic mass is 9.88. The molecule has 1 saturated heterocycles. The van der Waals surface area contributed by atoms with Crippen molar-refractivity contribution in [2.24, 2.45) is 5.41 Å². The summed E-state index contributed by atoms with van der Waals surface area (Å²) in [5.41, 5.74) is 0.306. The molecule has 0 aliphatic carbocycles. The molecule has 1 fully saturated rings. The monoisotopic (exact) mass is 250 g/mol. The summed E-state index contributed by atoms with van der Waals surface area (Å²) < 4.78 is 5.80. The van der Waals surface area contributed by atoms with E-state index in [1.165, 1.54) is 6.07 Å². The van der Waals surface area contributed by atoms with Crippen LogP contribution in [-0.2, 0) is 4.74 Å². The van der Waals surface area contributed by atoms with Gasteiger partial charge < -0.3 is 14.6 Å². The number of H-pyrrole nitrogens is 1. The molecule has 1 unspecified atom stereocenters. The summed E-state index contributed by atoms with van der Waals surface area (Å²) in [6, 6.07) is 3.19. The van der Waals surface area contributed by atoms with Gasteiger partial charge in [0.25, 0.3) is 0 Å². The molecule has 4 nitrogen and oxygen atoms in total. The second-order valence-corrected chi connectivity index (χ2v) is 6.11. The van der Waals surface area contributed by atoms with Crippen molar-refractivity contribution in [2.75, 3.05) is 24.6 Å². The largest absolute Gasteiger partial charge is 0.375 e. The highest BCUT2D eigenvalue weighted by Gasteiger charge is 2.25. The predicted octanol–water partition coefficient (Wildman–Crippen LogP) is 2.02. The van der Waals surface area contributed by atoms with Gasteiger partial charge in [-0.15, -0.1) is 0 Å². The first-order valence-electron chi connectivity index (χ1n) is 6.49. The number of rotatable bonds is 2. The molecule has 100 valence electrons. The smallest absolute Gasteiger partial charge is 0.183 e. The van der Waals surface area contributed by atoms with Gasteiger partial charge in [0.15, 0.2) is 5.43 Å². The summed E-state index contributed by atoms with van der Waals surface area (Å²) in [5.74, 6) is 0.893. The molecule has 1 aliphatic heterocycles. The lowest BCUT2D eigenvalue weighted by Gasteiger charge is -2.36. The van der Waals surface area contributed by atoms with E-state index in [0.717, 1.165) is 31.9 Å². The van der Waals surface area contributed by atoms with E-state index in [2.05, 4.69) is 30.7 Å². The Hall–Kier alpha value is -1.29. The molecule has 2 heterocycles. The molecule has 1 aromatic rings.